The smallest absolute Gasteiger partial charge is 0.255 e. The Morgan fingerprint density at radius 2 is 1.97 bits per heavy atom. The quantitative estimate of drug-likeness (QED) is 0.574. The first-order valence-electron chi connectivity index (χ1n) is 9.81. The molecule has 1 amide bonds. The molecule has 0 atom stereocenters. The molecule has 11 heteroatoms. The van der Waals surface area contributed by atoms with Crippen molar-refractivity contribution >= 4 is 21.6 Å². The average molecular weight is 443 g/mol. The number of ether oxygens (including phenoxy) is 1. The second-order valence-corrected chi connectivity index (χ2v) is 8.91. The van der Waals surface area contributed by atoms with Crippen LogP contribution in [-0.2, 0) is 10.0 Å². The number of carbonyl (C=O) groups is 1. The molecule has 0 aliphatic heterocycles. The molecule has 2 aromatic carbocycles. The number of anilines is 1. The highest BCUT2D eigenvalue weighted by molar-refractivity contribution is 7.89. The van der Waals surface area contributed by atoms with Gasteiger partial charge in [-0.05, 0) is 59.7 Å². The van der Waals surface area contributed by atoms with Crippen molar-refractivity contribution in [2.75, 3.05) is 12.4 Å². The van der Waals surface area contributed by atoms with Gasteiger partial charge >= 0.3 is 0 Å². The van der Waals surface area contributed by atoms with Crippen molar-refractivity contribution in [2.24, 2.45) is 0 Å². The number of hydrogen-bond acceptors (Lipinski definition) is 7. The van der Waals surface area contributed by atoms with Crippen molar-refractivity contribution in [3.63, 3.8) is 0 Å². The van der Waals surface area contributed by atoms with Crippen molar-refractivity contribution in [2.45, 2.75) is 36.6 Å². The van der Waals surface area contributed by atoms with Crippen LogP contribution in [0.5, 0.6) is 5.75 Å². The number of carbonyl (C=O) groups excluding carboxylic acids is 1. The van der Waals surface area contributed by atoms with Crippen molar-refractivity contribution < 1.29 is 17.9 Å². The average Bonchev–Trinajstić information content (AvgIpc) is 3.47. The lowest BCUT2D eigenvalue weighted by atomic mass is 10.2. The number of benzene rings is 2. The van der Waals surface area contributed by atoms with E-state index in [1.54, 1.807) is 24.3 Å². The van der Waals surface area contributed by atoms with Gasteiger partial charge in [0.05, 0.1) is 12.8 Å². The minimum absolute atomic E-state index is 0.0583. The Labute approximate surface area is 179 Å². The lowest BCUT2D eigenvalue weighted by molar-refractivity contribution is 0.102. The van der Waals surface area contributed by atoms with Crippen LogP contribution >= 0.6 is 0 Å². The largest absolute Gasteiger partial charge is 0.495 e. The second kappa shape index (κ2) is 8.82. The van der Waals surface area contributed by atoms with E-state index in [2.05, 4.69) is 25.6 Å². The van der Waals surface area contributed by atoms with Gasteiger partial charge in [0.1, 0.15) is 17.0 Å². The molecular weight excluding hydrogens is 420 g/mol. The highest BCUT2D eigenvalue weighted by atomic mass is 32.2. The van der Waals surface area contributed by atoms with Gasteiger partial charge < -0.3 is 10.1 Å². The maximum Gasteiger partial charge on any atom is 0.255 e. The fraction of sp³-hybridized carbons (Fsp3) is 0.300. The summed E-state index contributed by atoms with van der Waals surface area (Å²) in [5, 5.41) is 13.8. The number of methoxy groups -OCH3 is 1. The summed E-state index contributed by atoms with van der Waals surface area (Å²) >= 11 is 0. The van der Waals surface area contributed by atoms with Crippen LogP contribution in [0.1, 0.15) is 36.0 Å². The van der Waals surface area contributed by atoms with Crippen LogP contribution in [0.25, 0.3) is 5.69 Å². The fourth-order valence-electron chi connectivity index (χ4n) is 3.56. The Balaban J connectivity index is 1.57. The molecule has 3 aromatic rings. The molecule has 31 heavy (non-hydrogen) atoms. The van der Waals surface area contributed by atoms with Crippen LogP contribution < -0.4 is 14.8 Å². The molecule has 0 spiro atoms. The molecule has 4 rings (SSSR count). The first kappa shape index (κ1) is 20.9. The number of rotatable bonds is 7. The third kappa shape index (κ3) is 4.72. The van der Waals surface area contributed by atoms with E-state index in [1.165, 1.54) is 36.3 Å². The van der Waals surface area contributed by atoms with Crippen LogP contribution in [0.3, 0.4) is 0 Å². The summed E-state index contributed by atoms with van der Waals surface area (Å²) in [4.78, 5) is 12.8. The van der Waals surface area contributed by atoms with Gasteiger partial charge in [-0.1, -0.05) is 18.9 Å². The highest BCUT2D eigenvalue weighted by Crippen LogP contribution is 2.27. The Morgan fingerprint density at radius 1 is 1.16 bits per heavy atom. The molecule has 10 nitrogen and oxygen atoms in total. The molecule has 1 aliphatic rings. The SMILES string of the molecule is COc1ccc(C(=O)Nc2cccc(-n3cnnn3)c2)cc1S(=O)(=O)NC1CCCC1. The molecule has 1 fully saturated rings. The minimum Gasteiger partial charge on any atom is -0.495 e. The second-order valence-electron chi connectivity index (χ2n) is 7.23. The number of hydrogen-bond donors (Lipinski definition) is 2. The molecule has 162 valence electrons. The third-order valence-corrected chi connectivity index (χ3v) is 6.65. The molecule has 0 saturated heterocycles. The van der Waals surface area contributed by atoms with Crippen molar-refractivity contribution in [3.05, 3.63) is 54.4 Å². The van der Waals surface area contributed by atoms with Crippen LogP contribution in [-0.4, -0.2) is 47.7 Å². The number of nitrogens with one attached hydrogen (secondary N) is 2. The zero-order valence-electron chi connectivity index (χ0n) is 16.9. The molecule has 1 aliphatic carbocycles. The summed E-state index contributed by atoms with van der Waals surface area (Å²) in [6.45, 7) is 0. The summed E-state index contributed by atoms with van der Waals surface area (Å²) in [5.74, 6) is -0.267. The van der Waals surface area contributed by atoms with E-state index in [0.717, 1.165) is 25.7 Å². The molecule has 0 unspecified atom stereocenters. The van der Waals surface area contributed by atoms with Gasteiger partial charge in [-0.25, -0.2) is 17.8 Å². The van der Waals surface area contributed by atoms with Gasteiger partial charge in [0, 0.05) is 17.3 Å². The van der Waals surface area contributed by atoms with E-state index in [0.29, 0.717) is 11.4 Å². The Bertz CT molecular complexity index is 1170. The number of sulfonamides is 1. The van der Waals surface area contributed by atoms with Crippen LogP contribution in [0.4, 0.5) is 5.69 Å². The van der Waals surface area contributed by atoms with Crippen molar-refractivity contribution in [1.29, 1.82) is 0 Å². The Hall–Kier alpha value is -3.31. The first-order chi connectivity index (χ1) is 15.0. The van der Waals surface area contributed by atoms with E-state index in [-0.39, 0.29) is 22.3 Å². The van der Waals surface area contributed by atoms with Gasteiger partial charge in [0.2, 0.25) is 10.0 Å². The van der Waals surface area contributed by atoms with Crippen molar-refractivity contribution in [3.8, 4) is 11.4 Å². The van der Waals surface area contributed by atoms with E-state index < -0.39 is 15.9 Å². The fourth-order valence-corrected chi connectivity index (χ4v) is 5.06. The third-order valence-electron chi connectivity index (χ3n) is 5.11. The monoisotopic (exact) mass is 442 g/mol. The maximum atomic E-state index is 12.9. The normalized spacial score (nSPS) is 14.5. The predicted octanol–water partition coefficient (Wildman–Crippen LogP) is 2.14. The van der Waals surface area contributed by atoms with E-state index >= 15 is 0 Å². The molecule has 1 saturated carbocycles. The maximum absolute atomic E-state index is 12.9. The van der Waals surface area contributed by atoms with E-state index in [1.807, 2.05) is 0 Å². The molecule has 1 heterocycles. The number of nitrogens with zero attached hydrogens (tertiary/aromatic N) is 4. The van der Waals surface area contributed by atoms with Crippen LogP contribution in [0.2, 0.25) is 0 Å². The number of aromatic nitrogens is 4. The van der Waals surface area contributed by atoms with Gasteiger partial charge in [-0.15, -0.1) is 5.10 Å². The van der Waals surface area contributed by atoms with E-state index in [4.69, 9.17) is 4.74 Å². The lowest BCUT2D eigenvalue weighted by Gasteiger charge is -2.16. The molecule has 2 N–H and O–H groups in total. The molecular formula is C20H22N6O4S. The lowest BCUT2D eigenvalue weighted by Crippen LogP contribution is -2.33. The Morgan fingerprint density at radius 3 is 2.68 bits per heavy atom. The highest BCUT2D eigenvalue weighted by Gasteiger charge is 2.26. The number of tetrazole rings is 1. The van der Waals surface area contributed by atoms with Gasteiger partial charge in [0.15, 0.2) is 0 Å². The molecule has 1 aromatic heterocycles. The van der Waals surface area contributed by atoms with Crippen LogP contribution in [0, 0.1) is 0 Å². The van der Waals surface area contributed by atoms with Gasteiger partial charge in [-0.2, -0.15) is 0 Å². The first-order valence-corrected chi connectivity index (χ1v) is 11.3. The summed E-state index contributed by atoms with van der Waals surface area (Å²) in [5.41, 5.74) is 1.38. The zero-order chi connectivity index (χ0) is 21.8. The molecule has 0 bridgehead atoms. The van der Waals surface area contributed by atoms with E-state index in [9.17, 15) is 13.2 Å². The standard InChI is InChI=1S/C20H22N6O4S/c1-30-18-10-9-14(11-19(18)31(28,29)23-15-5-2-3-6-15)20(27)22-16-7-4-8-17(12-16)26-13-21-24-25-26/h4,7-13,15,23H,2-3,5-6H2,1H3,(H,22,27). The predicted molar refractivity (Wildman–Crippen MR) is 113 cm³/mol. The van der Waals surface area contributed by atoms with Crippen LogP contribution in [0.15, 0.2) is 53.7 Å². The Kier molecular flexibility index (Phi) is 5.96. The summed E-state index contributed by atoms with van der Waals surface area (Å²) < 4.78 is 35.3. The van der Waals surface area contributed by atoms with Gasteiger partial charge in [0.25, 0.3) is 5.91 Å². The van der Waals surface area contributed by atoms with Gasteiger partial charge in [-0.3, -0.25) is 4.79 Å². The number of amides is 1. The summed E-state index contributed by atoms with van der Waals surface area (Å²) in [6, 6.07) is 11.2. The summed E-state index contributed by atoms with van der Waals surface area (Å²) in [6.07, 6.45) is 5.05. The zero-order valence-corrected chi connectivity index (χ0v) is 17.7. The minimum atomic E-state index is -3.83. The topological polar surface area (TPSA) is 128 Å². The molecule has 0 radical (unpaired) electrons. The van der Waals surface area contributed by atoms with Crippen molar-refractivity contribution in [1.82, 2.24) is 24.9 Å². The summed E-state index contributed by atoms with van der Waals surface area (Å²) in [7, 11) is -2.44.